The van der Waals surface area contributed by atoms with Gasteiger partial charge in [-0.1, -0.05) is 17.3 Å². The zero-order valence-corrected chi connectivity index (χ0v) is 21.9. The fourth-order valence-electron chi connectivity index (χ4n) is 3.75. The number of halogens is 3. The van der Waals surface area contributed by atoms with Gasteiger partial charge < -0.3 is 19.9 Å². The Balaban J connectivity index is 1.19. The summed E-state index contributed by atoms with van der Waals surface area (Å²) in [7, 11) is 0. The summed E-state index contributed by atoms with van der Waals surface area (Å²) in [6.07, 6.45) is -0.149. The third-order valence-electron chi connectivity index (χ3n) is 5.62. The van der Waals surface area contributed by atoms with Gasteiger partial charge in [0.05, 0.1) is 12.6 Å². The van der Waals surface area contributed by atoms with Gasteiger partial charge in [-0.3, -0.25) is 19.1 Å². The van der Waals surface area contributed by atoms with Crippen molar-refractivity contribution in [2.75, 3.05) is 5.32 Å². The van der Waals surface area contributed by atoms with Crippen LogP contribution in [-0.4, -0.2) is 37.7 Å². The van der Waals surface area contributed by atoms with Crippen LogP contribution in [0.2, 0.25) is 0 Å². The maximum absolute atomic E-state index is 12.4. The van der Waals surface area contributed by atoms with E-state index < -0.39 is 12.3 Å². The Morgan fingerprint density at radius 2 is 1.88 bits per heavy atom. The maximum atomic E-state index is 12.4. The molecular weight excluding hydrogens is 549 g/mol. The zero-order valence-electron chi connectivity index (χ0n) is 21.1. The molecule has 14 heteroatoms. The molecule has 40 heavy (non-hydrogen) atoms. The molecule has 4 aromatic rings. The number of alkyl halides is 3. The molecule has 4 rings (SSSR count). The van der Waals surface area contributed by atoms with E-state index in [0.29, 0.717) is 37.2 Å². The van der Waals surface area contributed by atoms with Crippen LogP contribution in [0.1, 0.15) is 34.5 Å². The molecule has 2 N–H and O–H groups in total. The predicted octanol–water partition coefficient (Wildman–Crippen LogP) is 3.99. The minimum atomic E-state index is -4.80. The van der Waals surface area contributed by atoms with Gasteiger partial charge in [-0.05, 0) is 59.0 Å². The number of hydrogen-bond acceptors (Lipinski definition) is 7. The van der Waals surface area contributed by atoms with Crippen LogP contribution in [0.3, 0.4) is 0 Å². The van der Waals surface area contributed by atoms with Crippen molar-refractivity contribution in [3.05, 3.63) is 92.8 Å². The van der Waals surface area contributed by atoms with Crippen molar-refractivity contribution in [2.24, 2.45) is 0 Å². The van der Waals surface area contributed by atoms with E-state index in [0.717, 1.165) is 5.56 Å². The summed E-state index contributed by atoms with van der Waals surface area (Å²) in [5.74, 6) is -1.09. The molecule has 0 saturated heterocycles. The lowest BCUT2D eigenvalue weighted by atomic mass is 10.2. The average molecular weight is 575 g/mol. The number of pyridine rings is 1. The van der Waals surface area contributed by atoms with Crippen LogP contribution in [0.15, 0.2) is 70.4 Å². The number of nitrogens with one attached hydrogen (secondary N) is 2. The third-order valence-corrected chi connectivity index (χ3v) is 6.35. The molecular formula is C26H25F3N6O4S. The molecule has 0 unspecified atom stereocenters. The SMILES string of the molecule is O=C(Cc1ccsc1)Nc1ccn(CCCCn2cc(C(=O)NCc3cccc(OC(F)(F)F)c3)nn2)c(=O)c1. The Kier molecular flexibility index (Phi) is 9.32. The number of anilines is 1. The van der Waals surface area contributed by atoms with Crippen LogP contribution in [0.25, 0.3) is 0 Å². The number of benzene rings is 1. The van der Waals surface area contributed by atoms with Crippen LogP contribution in [0, 0.1) is 0 Å². The van der Waals surface area contributed by atoms with Crippen LogP contribution in [-0.2, 0) is 30.8 Å². The van der Waals surface area contributed by atoms with E-state index in [1.165, 1.54) is 46.5 Å². The summed E-state index contributed by atoms with van der Waals surface area (Å²) in [5.41, 5.74) is 1.61. The molecule has 2 amide bonds. The molecule has 1 aromatic carbocycles. The number of carbonyl (C=O) groups is 2. The lowest BCUT2D eigenvalue weighted by molar-refractivity contribution is -0.274. The summed E-state index contributed by atoms with van der Waals surface area (Å²) in [6, 6.07) is 10.2. The van der Waals surface area contributed by atoms with E-state index in [9.17, 15) is 27.6 Å². The van der Waals surface area contributed by atoms with Gasteiger partial charge in [-0.25, -0.2) is 0 Å². The van der Waals surface area contributed by atoms with E-state index in [1.807, 2.05) is 16.8 Å². The van der Waals surface area contributed by atoms with Gasteiger partial charge >= 0.3 is 6.36 Å². The molecule has 0 aliphatic heterocycles. The van der Waals surface area contributed by atoms with Crippen molar-refractivity contribution in [2.45, 2.75) is 45.3 Å². The van der Waals surface area contributed by atoms with E-state index >= 15 is 0 Å². The minimum absolute atomic E-state index is 0.0213. The van der Waals surface area contributed by atoms with Crippen molar-refractivity contribution in [3.63, 3.8) is 0 Å². The second-order valence-electron chi connectivity index (χ2n) is 8.76. The first-order valence-electron chi connectivity index (χ1n) is 12.2. The van der Waals surface area contributed by atoms with Gasteiger partial charge in [0, 0.05) is 37.6 Å². The molecule has 0 saturated carbocycles. The topological polar surface area (TPSA) is 120 Å². The predicted molar refractivity (Wildman–Crippen MR) is 141 cm³/mol. The van der Waals surface area contributed by atoms with Crippen molar-refractivity contribution in [1.29, 1.82) is 0 Å². The van der Waals surface area contributed by atoms with Crippen molar-refractivity contribution >= 4 is 28.8 Å². The molecule has 0 aliphatic rings. The lowest BCUT2D eigenvalue weighted by Crippen LogP contribution is -2.23. The first kappa shape index (κ1) is 28.5. The number of carbonyl (C=O) groups excluding carboxylic acids is 2. The molecule has 0 fully saturated rings. The van der Waals surface area contributed by atoms with Gasteiger partial charge in [-0.2, -0.15) is 11.3 Å². The first-order valence-corrected chi connectivity index (χ1v) is 13.1. The highest BCUT2D eigenvalue weighted by atomic mass is 32.1. The van der Waals surface area contributed by atoms with Crippen LogP contribution in [0.4, 0.5) is 18.9 Å². The highest BCUT2D eigenvalue weighted by molar-refractivity contribution is 7.08. The molecule has 3 aromatic heterocycles. The highest BCUT2D eigenvalue weighted by Crippen LogP contribution is 2.23. The summed E-state index contributed by atoms with van der Waals surface area (Å²) >= 11 is 1.51. The Morgan fingerprint density at radius 3 is 2.62 bits per heavy atom. The van der Waals surface area contributed by atoms with Gasteiger partial charge in [0.15, 0.2) is 5.69 Å². The van der Waals surface area contributed by atoms with E-state index in [4.69, 9.17) is 0 Å². The fraction of sp³-hybridized carbons (Fsp3) is 0.269. The number of amides is 2. The Morgan fingerprint density at radius 1 is 1.05 bits per heavy atom. The number of thiophene rings is 1. The molecule has 0 aliphatic carbocycles. The van der Waals surface area contributed by atoms with Crippen molar-refractivity contribution in [3.8, 4) is 5.75 Å². The number of unbranched alkanes of at least 4 members (excludes halogenated alkanes) is 1. The van der Waals surface area contributed by atoms with Gasteiger partial charge in [-0.15, -0.1) is 18.3 Å². The van der Waals surface area contributed by atoms with E-state index in [-0.39, 0.29) is 35.9 Å². The highest BCUT2D eigenvalue weighted by Gasteiger charge is 2.31. The molecule has 0 spiro atoms. The summed E-state index contributed by atoms with van der Waals surface area (Å²) in [4.78, 5) is 36.9. The standard InChI is InChI=1S/C26H25F3N6O4S/c27-26(28,29)39-21-5-3-4-18(12-21)15-30-25(38)22-16-35(33-32-22)9-2-1-8-34-10-6-20(14-24(34)37)31-23(36)13-19-7-11-40-17-19/h3-7,10-12,14,16-17H,1-2,8-9,13,15H2,(H,30,38)(H,31,36). The van der Waals surface area contributed by atoms with Crippen LogP contribution < -0.4 is 20.9 Å². The molecule has 3 heterocycles. The number of ether oxygens (including phenoxy) is 1. The minimum Gasteiger partial charge on any atom is -0.406 e. The summed E-state index contributed by atoms with van der Waals surface area (Å²) in [6.45, 7) is 0.899. The molecule has 210 valence electrons. The van der Waals surface area contributed by atoms with Crippen LogP contribution >= 0.6 is 11.3 Å². The second kappa shape index (κ2) is 13.1. The van der Waals surface area contributed by atoms with Crippen molar-refractivity contribution < 1.29 is 27.5 Å². The summed E-state index contributed by atoms with van der Waals surface area (Å²) < 4.78 is 44.1. The summed E-state index contributed by atoms with van der Waals surface area (Å²) in [5, 5.41) is 16.9. The van der Waals surface area contributed by atoms with Crippen LogP contribution in [0.5, 0.6) is 5.75 Å². The molecule has 10 nitrogen and oxygen atoms in total. The second-order valence-corrected chi connectivity index (χ2v) is 9.54. The third kappa shape index (κ3) is 8.80. The van der Waals surface area contributed by atoms with Crippen molar-refractivity contribution in [1.82, 2.24) is 24.9 Å². The fourth-order valence-corrected chi connectivity index (χ4v) is 4.42. The Labute approximate surface area is 230 Å². The maximum Gasteiger partial charge on any atom is 0.573 e. The Bertz CT molecular complexity index is 1500. The molecule has 0 atom stereocenters. The van der Waals surface area contributed by atoms with Gasteiger partial charge in [0.2, 0.25) is 5.91 Å². The smallest absolute Gasteiger partial charge is 0.406 e. The van der Waals surface area contributed by atoms with E-state index in [2.05, 4.69) is 25.7 Å². The number of nitrogens with zero attached hydrogens (tertiary/aromatic N) is 4. The van der Waals surface area contributed by atoms with Gasteiger partial charge in [0.1, 0.15) is 5.75 Å². The zero-order chi connectivity index (χ0) is 28.5. The monoisotopic (exact) mass is 574 g/mol. The molecule has 0 radical (unpaired) electrons. The Hall–Kier alpha value is -4.46. The normalized spacial score (nSPS) is 11.3. The quantitative estimate of drug-likeness (QED) is 0.247. The number of rotatable bonds is 12. The average Bonchev–Trinajstić information content (AvgIpc) is 3.58. The largest absolute Gasteiger partial charge is 0.573 e. The van der Waals surface area contributed by atoms with E-state index in [1.54, 1.807) is 22.9 Å². The number of aryl methyl sites for hydroxylation is 2. The molecule has 0 bridgehead atoms. The lowest BCUT2D eigenvalue weighted by Gasteiger charge is -2.10. The number of aromatic nitrogens is 4. The van der Waals surface area contributed by atoms with Gasteiger partial charge in [0.25, 0.3) is 11.5 Å². The number of hydrogen-bond donors (Lipinski definition) is 2. The first-order chi connectivity index (χ1) is 19.1.